The molecule has 0 saturated carbocycles. The van der Waals surface area contributed by atoms with E-state index in [0.717, 1.165) is 57.8 Å². The molecule has 0 fully saturated rings. The molecule has 8 nitrogen and oxygen atoms in total. The van der Waals surface area contributed by atoms with Gasteiger partial charge in [-0.05, 0) is 64.2 Å². The summed E-state index contributed by atoms with van der Waals surface area (Å²) in [6.07, 6.45) is 37.5. The molecule has 0 aromatic rings. The predicted octanol–water partition coefficient (Wildman–Crippen LogP) is 11.2. The topological polar surface area (TPSA) is 119 Å². The van der Waals surface area contributed by atoms with E-state index in [9.17, 15) is 14.2 Å². The molecule has 276 valence electrons. The fourth-order valence-electron chi connectivity index (χ4n) is 5.30. The monoisotopic (exact) mass is 686 g/mol. The van der Waals surface area contributed by atoms with E-state index in [1.54, 1.807) is 0 Å². The minimum Gasteiger partial charge on any atom is -0.462 e. The molecule has 0 aliphatic heterocycles. The number of unbranched alkanes of at least 4 members (excludes halogenated alkanes) is 21. The lowest BCUT2D eigenvalue weighted by molar-refractivity contribution is -0.161. The third-order valence-electron chi connectivity index (χ3n) is 8.19. The van der Waals surface area contributed by atoms with Crippen LogP contribution in [0.25, 0.3) is 0 Å². The van der Waals surface area contributed by atoms with Gasteiger partial charge in [-0.1, -0.05) is 134 Å². The summed E-state index contributed by atoms with van der Waals surface area (Å²) < 4.78 is 26.3. The normalized spacial score (nSPS) is 12.7. The molecule has 0 amide bonds. The van der Waals surface area contributed by atoms with E-state index < -0.39 is 32.5 Å². The maximum atomic E-state index is 12.3. The molecule has 0 bridgehead atoms. The molecule has 47 heavy (non-hydrogen) atoms. The number of carbonyl (C=O) groups is 2. The summed E-state index contributed by atoms with van der Waals surface area (Å²) in [5.41, 5.74) is 0. The number of esters is 2. The summed E-state index contributed by atoms with van der Waals surface area (Å²) in [6.45, 7) is 3.63. The molecule has 0 unspecified atom stereocenters. The summed E-state index contributed by atoms with van der Waals surface area (Å²) in [5.74, 6) is -0.895. The van der Waals surface area contributed by atoms with Crippen LogP contribution in [0, 0.1) is 0 Å². The van der Waals surface area contributed by atoms with Crippen LogP contribution in [-0.4, -0.2) is 41.0 Å². The number of ether oxygens (including phenoxy) is 2. The molecule has 0 radical (unpaired) electrons. The highest BCUT2D eigenvalue weighted by atomic mass is 31.2. The van der Waals surface area contributed by atoms with Gasteiger partial charge in [-0.25, -0.2) is 4.57 Å². The summed E-state index contributed by atoms with van der Waals surface area (Å²) in [6, 6.07) is 0. The van der Waals surface area contributed by atoms with Crippen LogP contribution in [0.2, 0.25) is 0 Å². The highest BCUT2D eigenvalue weighted by molar-refractivity contribution is 7.46. The van der Waals surface area contributed by atoms with E-state index in [2.05, 4.69) is 42.7 Å². The van der Waals surface area contributed by atoms with Crippen molar-refractivity contribution < 1.29 is 37.9 Å². The van der Waals surface area contributed by atoms with Crippen molar-refractivity contribution in [2.75, 3.05) is 13.2 Å². The third kappa shape index (κ3) is 37.2. The molecule has 2 N–H and O–H groups in total. The van der Waals surface area contributed by atoms with Crippen LogP contribution in [0.1, 0.15) is 187 Å². The Morgan fingerprint density at radius 1 is 0.532 bits per heavy atom. The Balaban J connectivity index is 3.93. The zero-order chi connectivity index (χ0) is 34.7. The molecule has 0 spiro atoms. The zero-order valence-electron chi connectivity index (χ0n) is 30.2. The van der Waals surface area contributed by atoms with Gasteiger partial charge in [-0.2, -0.15) is 0 Å². The first kappa shape index (κ1) is 45.5. The zero-order valence-corrected chi connectivity index (χ0v) is 31.1. The van der Waals surface area contributed by atoms with Crippen molar-refractivity contribution in [1.29, 1.82) is 0 Å². The van der Waals surface area contributed by atoms with E-state index in [-0.39, 0.29) is 19.4 Å². The lowest BCUT2D eigenvalue weighted by atomic mass is 10.1. The molecule has 0 aromatic heterocycles. The Morgan fingerprint density at radius 3 is 1.34 bits per heavy atom. The average Bonchev–Trinajstić information content (AvgIpc) is 3.04. The van der Waals surface area contributed by atoms with Gasteiger partial charge in [0.2, 0.25) is 0 Å². The van der Waals surface area contributed by atoms with Gasteiger partial charge in [0.1, 0.15) is 6.61 Å². The molecule has 9 heteroatoms. The standard InChI is InChI=1S/C38H71O8P/c1-3-5-7-9-11-13-15-17-18-19-20-21-23-24-26-28-30-32-37(39)44-34-36(35-45-47(41,42)43)46-38(40)33-31-29-27-25-22-16-14-12-10-8-6-4-2/h12-15,36H,3-11,16-35H2,1-2H3,(H2,41,42,43)/b14-12+,15-13+/t36-/m1/s1. The van der Waals surface area contributed by atoms with Gasteiger partial charge in [-0.3, -0.25) is 14.1 Å². The van der Waals surface area contributed by atoms with Gasteiger partial charge >= 0.3 is 19.8 Å². The van der Waals surface area contributed by atoms with Crippen LogP contribution in [0.3, 0.4) is 0 Å². The van der Waals surface area contributed by atoms with Gasteiger partial charge < -0.3 is 19.3 Å². The van der Waals surface area contributed by atoms with E-state index in [4.69, 9.17) is 19.3 Å². The Labute approximate surface area is 288 Å². The van der Waals surface area contributed by atoms with Crippen molar-refractivity contribution in [2.45, 2.75) is 193 Å². The molecule has 0 heterocycles. The summed E-state index contributed by atoms with van der Waals surface area (Å²) in [4.78, 5) is 42.7. The van der Waals surface area contributed by atoms with Crippen LogP contribution >= 0.6 is 7.82 Å². The van der Waals surface area contributed by atoms with Crippen LogP contribution in [0.4, 0.5) is 0 Å². The Kier molecular flexibility index (Phi) is 33.3. The fourth-order valence-corrected chi connectivity index (χ4v) is 5.66. The van der Waals surface area contributed by atoms with Gasteiger partial charge in [-0.15, -0.1) is 0 Å². The number of hydrogen-bond acceptors (Lipinski definition) is 6. The second-order valence-electron chi connectivity index (χ2n) is 12.9. The first-order valence-electron chi connectivity index (χ1n) is 19.1. The Hall–Kier alpha value is -1.47. The Bertz CT molecular complexity index is 823. The maximum Gasteiger partial charge on any atom is 0.469 e. The number of allylic oxidation sites excluding steroid dienone is 4. The van der Waals surface area contributed by atoms with E-state index in [1.807, 2.05) is 0 Å². The minimum atomic E-state index is -4.75. The molecule has 1 atom stereocenters. The summed E-state index contributed by atoms with van der Waals surface area (Å²) in [5, 5.41) is 0. The van der Waals surface area contributed by atoms with Crippen LogP contribution in [0.15, 0.2) is 24.3 Å². The van der Waals surface area contributed by atoms with Crippen LogP contribution < -0.4 is 0 Å². The van der Waals surface area contributed by atoms with E-state index in [0.29, 0.717) is 6.42 Å². The van der Waals surface area contributed by atoms with Crippen molar-refractivity contribution in [1.82, 2.24) is 0 Å². The summed E-state index contributed by atoms with van der Waals surface area (Å²) in [7, 11) is -4.75. The molecule has 0 aliphatic rings. The number of carbonyl (C=O) groups excluding carboxylic acids is 2. The van der Waals surface area contributed by atoms with Crippen molar-refractivity contribution >= 4 is 19.8 Å². The minimum absolute atomic E-state index is 0.203. The largest absolute Gasteiger partial charge is 0.469 e. The lowest BCUT2D eigenvalue weighted by Crippen LogP contribution is -2.29. The van der Waals surface area contributed by atoms with Crippen molar-refractivity contribution in [2.24, 2.45) is 0 Å². The molecule has 0 aliphatic carbocycles. The highest BCUT2D eigenvalue weighted by Gasteiger charge is 2.22. The number of phosphoric ester groups is 1. The summed E-state index contributed by atoms with van der Waals surface area (Å²) >= 11 is 0. The molecular weight excluding hydrogens is 615 g/mol. The predicted molar refractivity (Wildman–Crippen MR) is 193 cm³/mol. The second kappa shape index (κ2) is 34.4. The smallest absolute Gasteiger partial charge is 0.462 e. The Morgan fingerprint density at radius 2 is 0.894 bits per heavy atom. The van der Waals surface area contributed by atoms with Gasteiger partial charge in [0.15, 0.2) is 6.10 Å². The lowest BCUT2D eigenvalue weighted by Gasteiger charge is -2.18. The van der Waals surface area contributed by atoms with E-state index >= 15 is 0 Å². The quantitative estimate of drug-likeness (QED) is 0.0292. The van der Waals surface area contributed by atoms with Crippen LogP contribution in [-0.2, 0) is 28.2 Å². The molecular formula is C38H71O8P. The first-order valence-corrected chi connectivity index (χ1v) is 20.7. The van der Waals surface area contributed by atoms with Gasteiger partial charge in [0.05, 0.1) is 6.61 Å². The molecule has 0 saturated heterocycles. The molecule has 0 rings (SSSR count). The fraction of sp³-hybridized carbons (Fsp3) is 0.842. The molecule has 0 aromatic carbocycles. The van der Waals surface area contributed by atoms with Crippen LogP contribution in [0.5, 0.6) is 0 Å². The van der Waals surface area contributed by atoms with Crippen molar-refractivity contribution in [3.63, 3.8) is 0 Å². The third-order valence-corrected chi connectivity index (χ3v) is 8.68. The first-order chi connectivity index (χ1) is 22.8. The second-order valence-corrected chi connectivity index (χ2v) is 14.1. The van der Waals surface area contributed by atoms with Gasteiger partial charge in [0.25, 0.3) is 0 Å². The van der Waals surface area contributed by atoms with Gasteiger partial charge in [0, 0.05) is 12.8 Å². The number of phosphoric acid groups is 1. The highest BCUT2D eigenvalue weighted by Crippen LogP contribution is 2.36. The number of rotatable bonds is 35. The number of hydrogen-bond donors (Lipinski definition) is 2. The maximum absolute atomic E-state index is 12.3. The van der Waals surface area contributed by atoms with E-state index in [1.165, 1.54) is 96.3 Å². The van der Waals surface area contributed by atoms with Crippen molar-refractivity contribution in [3.05, 3.63) is 24.3 Å². The average molecular weight is 687 g/mol. The van der Waals surface area contributed by atoms with Crippen molar-refractivity contribution in [3.8, 4) is 0 Å². The SMILES string of the molecule is CCCCC/C=C/CCCCCCCC(=O)O[C@H](COC(=O)CCCCCCCCCCC/C=C/CCCCCC)COP(=O)(O)O.